The predicted octanol–water partition coefficient (Wildman–Crippen LogP) is 29.4. The van der Waals surface area contributed by atoms with Crippen LogP contribution in [-0.2, 0) is 5.41 Å². The highest BCUT2D eigenvalue weighted by Crippen LogP contribution is 2.36. The Bertz CT molecular complexity index is 6210. The zero-order chi connectivity index (χ0) is 95.7. The Hall–Kier alpha value is -15.0. The molecular weight excluding hydrogens is 1680 g/mol. The van der Waals surface area contributed by atoms with E-state index in [9.17, 15) is 28.8 Å². The first kappa shape index (κ1) is 100. The van der Waals surface area contributed by atoms with E-state index in [4.69, 9.17) is 9.47 Å². The van der Waals surface area contributed by atoms with Crippen LogP contribution in [0.4, 0.5) is 0 Å². The number of rotatable bonds is 18. The fraction of sp³-hybridized carbons (Fsp3) is 0.160. The van der Waals surface area contributed by atoms with Gasteiger partial charge in [0.2, 0.25) is 0 Å². The smallest absolute Gasteiger partial charge is 0.193 e. The SMILES string of the molecule is Cc1ccc(C(=O)c2ccc(C(=O)c3cccc(C)c3)cc2)cc1.Cc1ccc(C)s1.Cc1ccc(Oc2ccc(C(C)(C)c3ccc(Oc4ccc(C)cc4)cc3)cc2)cc1.Cc1cccc(C(=O)c2ccc(C(=O)c3cccc(C)c3)cc2)c1.Cc1cccc(C(=O)c2ccc(C(=O)c3cccc(C)c3)cc2)c1.Cc1cnc(C)cn1.Cc1cncc(C)n1.Cc1csc(C)c1. The summed E-state index contributed by atoms with van der Waals surface area (Å²) in [5, 5.41) is 2.16. The zero-order valence-electron chi connectivity index (χ0n) is 79.0. The molecule has 14 heteroatoms. The molecule has 0 aliphatic heterocycles. The van der Waals surface area contributed by atoms with Crippen molar-refractivity contribution in [3.63, 3.8) is 0 Å². The van der Waals surface area contributed by atoms with E-state index < -0.39 is 0 Å². The van der Waals surface area contributed by atoms with Crippen molar-refractivity contribution < 1.29 is 38.2 Å². The molecule has 17 aromatic rings. The number of hydrogen-bond acceptors (Lipinski definition) is 14. The summed E-state index contributed by atoms with van der Waals surface area (Å²) in [5.74, 6) is 3.17. The summed E-state index contributed by atoms with van der Waals surface area (Å²) >= 11 is 3.65. The maximum atomic E-state index is 12.5. The molecule has 133 heavy (non-hydrogen) atoms. The topological polar surface area (TPSA) is 172 Å². The largest absolute Gasteiger partial charge is 0.457 e. The van der Waals surface area contributed by atoms with Crippen LogP contribution in [0.1, 0.15) is 208 Å². The highest BCUT2D eigenvalue weighted by molar-refractivity contribution is 7.11. The molecule has 4 aromatic heterocycles. The van der Waals surface area contributed by atoms with Gasteiger partial charge >= 0.3 is 0 Å². The number of ketones is 6. The molecule has 0 fully saturated rings. The molecule has 0 aliphatic rings. The minimum atomic E-state index is -0.134. The van der Waals surface area contributed by atoms with Gasteiger partial charge in [0.15, 0.2) is 34.7 Å². The Morgan fingerprint density at radius 2 is 0.474 bits per heavy atom. The van der Waals surface area contributed by atoms with Gasteiger partial charge in [-0.3, -0.25) is 48.7 Å². The first-order valence-electron chi connectivity index (χ1n) is 43.9. The van der Waals surface area contributed by atoms with Crippen LogP contribution in [-0.4, -0.2) is 54.6 Å². The van der Waals surface area contributed by atoms with E-state index in [0.717, 1.165) is 79.2 Å². The number of benzene rings is 13. The number of aromatic nitrogens is 4. The lowest BCUT2D eigenvalue weighted by molar-refractivity contribution is 0.102. The molecule has 12 nitrogen and oxygen atoms in total. The summed E-state index contributed by atoms with van der Waals surface area (Å²) in [5.41, 5.74) is 23.9. The van der Waals surface area contributed by atoms with E-state index in [-0.39, 0.29) is 40.1 Å². The van der Waals surface area contributed by atoms with Gasteiger partial charge in [0.25, 0.3) is 0 Å². The second kappa shape index (κ2) is 49.2. The van der Waals surface area contributed by atoms with E-state index in [1.165, 1.54) is 42.4 Å². The van der Waals surface area contributed by atoms with Crippen LogP contribution >= 0.6 is 22.7 Å². The van der Waals surface area contributed by atoms with Crippen LogP contribution < -0.4 is 9.47 Å². The zero-order valence-corrected chi connectivity index (χ0v) is 80.6. The molecular formula is C119H114N4O8S2. The third-order valence-corrected chi connectivity index (χ3v) is 23.0. The van der Waals surface area contributed by atoms with E-state index in [1.807, 2.05) is 244 Å². The molecule has 0 atom stereocenters. The average Bonchev–Trinajstić information content (AvgIpc) is 1.26. The molecule has 0 aliphatic carbocycles. The Morgan fingerprint density at radius 3 is 0.669 bits per heavy atom. The van der Waals surface area contributed by atoms with Gasteiger partial charge in [-0.15, -0.1) is 22.7 Å². The van der Waals surface area contributed by atoms with Gasteiger partial charge in [-0.25, -0.2) is 0 Å². The molecule has 4 heterocycles. The van der Waals surface area contributed by atoms with Crippen LogP contribution in [0.5, 0.6) is 23.0 Å². The van der Waals surface area contributed by atoms with Crippen molar-refractivity contribution in [1.29, 1.82) is 0 Å². The van der Waals surface area contributed by atoms with Crippen LogP contribution in [0.15, 0.2) is 364 Å². The lowest BCUT2D eigenvalue weighted by Crippen LogP contribution is -2.18. The maximum Gasteiger partial charge on any atom is 0.193 e. The molecule has 13 aromatic carbocycles. The van der Waals surface area contributed by atoms with E-state index >= 15 is 0 Å². The van der Waals surface area contributed by atoms with E-state index in [2.05, 4.69) is 147 Å². The van der Waals surface area contributed by atoms with Gasteiger partial charge < -0.3 is 9.47 Å². The van der Waals surface area contributed by atoms with Gasteiger partial charge in [-0.05, 0) is 230 Å². The molecule has 0 radical (unpaired) electrons. The van der Waals surface area contributed by atoms with Gasteiger partial charge in [0.05, 0.1) is 22.8 Å². The van der Waals surface area contributed by atoms with Crippen molar-refractivity contribution in [2.24, 2.45) is 0 Å². The second-order valence-electron chi connectivity index (χ2n) is 33.4. The Kier molecular flexibility index (Phi) is 37.0. The summed E-state index contributed by atoms with van der Waals surface area (Å²) in [6.45, 7) is 36.6. The second-order valence-corrected chi connectivity index (χ2v) is 36.0. The lowest BCUT2D eigenvalue weighted by atomic mass is 9.78. The summed E-state index contributed by atoms with van der Waals surface area (Å²) in [4.78, 5) is 95.3. The Morgan fingerprint density at radius 1 is 0.233 bits per heavy atom. The Labute approximate surface area is 792 Å². The fourth-order valence-corrected chi connectivity index (χ4v) is 15.1. The Balaban J connectivity index is 0.000000166. The minimum Gasteiger partial charge on any atom is -0.457 e. The molecule has 0 amide bonds. The maximum absolute atomic E-state index is 12.5. The summed E-state index contributed by atoms with van der Waals surface area (Å²) in [7, 11) is 0. The van der Waals surface area contributed by atoms with Gasteiger partial charge in [-0.2, -0.15) is 0 Å². The highest BCUT2D eigenvalue weighted by Gasteiger charge is 2.24. The molecule has 670 valence electrons. The quantitative estimate of drug-likeness (QED) is 0.0745. The van der Waals surface area contributed by atoms with Crippen LogP contribution in [0.2, 0.25) is 0 Å². The average molecular weight is 1790 g/mol. The third-order valence-electron chi connectivity index (χ3n) is 21.1. The third kappa shape index (κ3) is 31.7. The molecule has 0 unspecified atom stereocenters. The molecule has 0 saturated carbocycles. The lowest BCUT2D eigenvalue weighted by Gasteiger charge is -2.26. The predicted molar refractivity (Wildman–Crippen MR) is 545 cm³/mol. The minimum absolute atomic E-state index is 0.0340. The summed E-state index contributed by atoms with van der Waals surface area (Å²) < 4.78 is 11.9. The monoisotopic (exact) mass is 1790 g/mol. The van der Waals surface area contributed by atoms with Gasteiger partial charge in [0, 0.05) is 112 Å². The van der Waals surface area contributed by atoms with Crippen molar-refractivity contribution in [2.75, 3.05) is 0 Å². The van der Waals surface area contributed by atoms with Gasteiger partial charge in [-0.1, -0.05) is 295 Å². The van der Waals surface area contributed by atoms with Gasteiger partial charge in [0.1, 0.15) is 23.0 Å². The molecule has 0 N–H and O–H groups in total. The number of carbonyl (C=O) groups is 6. The summed E-state index contributed by atoms with van der Waals surface area (Å²) in [6.07, 6.45) is 7.00. The molecule has 17 rings (SSSR count). The van der Waals surface area contributed by atoms with Crippen molar-refractivity contribution in [3.8, 4) is 23.0 Å². The van der Waals surface area contributed by atoms with Crippen LogP contribution in [0, 0.1) is 111 Å². The van der Waals surface area contributed by atoms with Crippen LogP contribution in [0.3, 0.4) is 0 Å². The molecule has 0 bridgehead atoms. The van der Waals surface area contributed by atoms with Crippen molar-refractivity contribution in [3.05, 3.63) is 529 Å². The summed E-state index contributed by atoms with van der Waals surface area (Å²) in [6, 6.07) is 105. The first-order chi connectivity index (χ1) is 63.7. The number of carbonyl (C=O) groups excluding carboxylic acids is 6. The first-order valence-corrected chi connectivity index (χ1v) is 45.6. The van der Waals surface area contributed by atoms with E-state index in [0.29, 0.717) is 66.8 Å². The number of nitrogens with zero attached hydrogens (tertiary/aromatic N) is 4. The molecule has 0 spiro atoms. The fourth-order valence-electron chi connectivity index (χ4n) is 13.7. The van der Waals surface area contributed by atoms with Crippen molar-refractivity contribution >= 4 is 57.4 Å². The highest BCUT2D eigenvalue weighted by atomic mass is 32.1. The number of hydrogen-bond donors (Lipinski definition) is 0. The van der Waals surface area contributed by atoms with Crippen LogP contribution in [0.25, 0.3) is 0 Å². The standard InChI is InChI=1S/C29H28O2.3C22H18O2.2C6H8N2.2C6H8S/c1-21-5-13-25(14-6-21)30-27-17-9-23(10-18-27)29(3,4)24-11-19-28(20-12-24)31-26-15-7-22(2)8-16-26;2*1-15-5-3-7-19(13-15)21(23)17-9-11-18(12-10-17)22(24)20-8-4-6-16(2)14-20;1-15-6-8-17(9-7-15)21(23)18-10-12-19(13-11-18)22(24)20-5-3-4-16(2)14-20;1-5-3-8-6(2)4-7-5;1-5-3-7-4-6(2)8-5;1-5-3-6(2)7-4-5;1-5-3-4-6(2)7-5/h5-20H,1-4H3;3*3-14H,1-2H3;2*3-4H,1-2H3;2*3-4H,1-2H3. The number of thiophene rings is 2. The van der Waals surface area contributed by atoms with Crippen molar-refractivity contribution in [2.45, 2.75) is 130 Å². The van der Waals surface area contributed by atoms with Crippen molar-refractivity contribution in [1.82, 2.24) is 19.9 Å². The number of ether oxygens (including phenoxy) is 2. The molecule has 0 saturated heterocycles. The normalized spacial score (nSPS) is 10.4. The van der Waals surface area contributed by atoms with E-state index in [1.54, 1.807) is 139 Å². The number of aryl methyl sites for hydroxylation is 16.